The molecule has 17 heavy (non-hydrogen) atoms. The van der Waals surface area contributed by atoms with E-state index in [9.17, 15) is 4.39 Å². The quantitative estimate of drug-likeness (QED) is 0.706. The Morgan fingerprint density at radius 1 is 1.29 bits per heavy atom. The van der Waals surface area contributed by atoms with Gasteiger partial charge in [0.2, 0.25) is 5.95 Å². The molecule has 1 nitrogen and oxygen atoms in total. The molecule has 0 bridgehead atoms. The van der Waals surface area contributed by atoms with Crippen LogP contribution in [0.1, 0.15) is 50.8 Å². The zero-order valence-electron chi connectivity index (χ0n) is 10.7. The second-order valence-corrected chi connectivity index (χ2v) is 5.22. The maximum atomic E-state index is 13.8. The van der Waals surface area contributed by atoms with Gasteiger partial charge in [-0.1, -0.05) is 26.0 Å². The van der Waals surface area contributed by atoms with Gasteiger partial charge in [-0.3, -0.25) is 0 Å². The average Bonchev–Trinajstić information content (AvgIpc) is 2.32. The molecule has 0 saturated carbocycles. The molecular weight excluding hydrogens is 213 g/mol. The summed E-state index contributed by atoms with van der Waals surface area (Å²) in [6, 6.07) is 3.87. The highest BCUT2D eigenvalue weighted by Crippen LogP contribution is 2.26. The summed E-state index contributed by atoms with van der Waals surface area (Å²) in [5, 5.41) is 0. The standard InChI is InChI=1S/C15H20FN/c1-11(2)10-13-8-9-14(17-15(13)16)12-6-4-3-5-7-12/h6,8-9,11H,3-5,7,10H2,1-2H3. The van der Waals surface area contributed by atoms with Gasteiger partial charge >= 0.3 is 0 Å². The molecular formula is C15H20FN. The number of hydrogen-bond donors (Lipinski definition) is 0. The third-order valence-corrected chi connectivity index (χ3v) is 3.17. The first-order valence-electron chi connectivity index (χ1n) is 6.51. The zero-order valence-corrected chi connectivity index (χ0v) is 10.7. The first-order chi connectivity index (χ1) is 8.16. The lowest BCUT2D eigenvalue weighted by Gasteiger charge is -2.13. The molecule has 0 atom stereocenters. The van der Waals surface area contributed by atoms with E-state index in [4.69, 9.17) is 0 Å². The number of aromatic nitrogens is 1. The molecule has 0 saturated heterocycles. The van der Waals surface area contributed by atoms with Crippen molar-refractivity contribution in [3.05, 3.63) is 35.4 Å². The molecule has 0 N–H and O–H groups in total. The largest absolute Gasteiger partial charge is 0.220 e. The molecule has 0 unspecified atom stereocenters. The molecule has 2 rings (SSSR count). The van der Waals surface area contributed by atoms with Gasteiger partial charge < -0.3 is 0 Å². The second kappa shape index (κ2) is 5.44. The van der Waals surface area contributed by atoms with E-state index in [-0.39, 0.29) is 5.95 Å². The van der Waals surface area contributed by atoms with Crippen LogP contribution in [0.2, 0.25) is 0 Å². The molecule has 0 fully saturated rings. The van der Waals surface area contributed by atoms with Crippen molar-refractivity contribution in [2.24, 2.45) is 5.92 Å². The van der Waals surface area contributed by atoms with E-state index in [0.717, 1.165) is 30.5 Å². The van der Waals surface area contributed by atoms with E-state index >= 15 is 0 Å². The fourth-order valence-corrected chi connectivity index (χ4v) is 2.30. The predicted molar refractivity (Wildman–Crippen MR) is 69.2 cm³/mol. The Labute approximate surface area is 103 Å². The van der Waals surface area contributed by atoms with Crippen molar-refractivity contribution in [1.29, 1.82) is 0 Å². The fraction of sp³-hybridized carbons (Fsp3) is 0.533. The smallest absolute Gasteiger partial charge is 0.216 e. The van der Waals surface area contributed by atoms with Crippen molar-refractivity contribution in [3.63, 3.8) is 0 Å². The molecule has 1 aromatic heterocycles. The third kappa shape index (κ3) is 3.15. The molecule has 0 spiro atoms. The number of allylic oxidation sites excluding steroid dienone is 2. The molecule has 1 aliphatic carbocycles. The van der Waals surface area contributed by atoms with Gasteiger partial charge in [0.25, 0.3) is 0 Å². The molecule has 92 valence electrons. The number of rotatable bonds is 3. The zero-order chi connectivity index (χ0) is 12.3. The normalized spacial score (nSPS) is 16.1. The molecule has 1 heterocycles. The van der Waals surface area contributed by atoms with Gasteiger partial charge in [0.15, 0.2) is 0 Å². The highest BCUT2D eigenvalue weighted by atomic mass is 19.1. The van der Waals surface area contributed by atoms with Crippen LogP contribution < -0.4 is 0 Å². The van der Waals surface area contributed by atoms with Gasteiger partial charge in [-0.15, -0.1) is 0 Å². The van der Waals surface area contributed by atoms with Crippen LogP contribution in [0, 0.1) is 11.9 Å². The number of nitrogens with zero attached hydrogens (tertiary/aromatic N) is 1. The summed E-state index contributed by atoms with van der Waals surface area (Å²) in [5.41, 5.74) is 2.78. The lowest BCUT2D eigenvalue weighted by atomic mass is 9.96. The number of hydrogen-bond acceptors (Lipinski definition) is 1. The second-order valence-electron chi connectivity index (χ2n) is 5.22. The van der Waals surface area contributed by atoms with Crippen molar-refractivity contribution in [3.8, 4) is 0 Å². The van der Waals surface area contributed by atoms with Crippen molar-refractivity contribution in [1.82, 2.24) is 4.98 Å². The van der Waals surface area contributed by atoms with E-state index in [1.54, 1.807) is 0 Å². The molecule has 1 aromatic rings. The Kier molecular flexibility index (Phi) is 3.93. The Hall–Kier alpha value is -1.18. The summed E-state index contributed by atoms with van der Waals surface area (Å²) in [6.07, 6.45) is 7.55. The monoisotopic (exact) mass is 233 g/mol. The van der Waals surface area contributed by atoms with Crippen LogP contribution in [0.25, 0.3) is 5.57 Å². The number of halogens is 1. The Morgan fingerprint density at radius 2 is 2.12 bits per heavy atom. The molecule has 0 aromatic carbocycles. The summed E-state index contributed by atoms with van der Waals surface area (Å²) in [6.45, 7) is 4.19. The van der Waals surface area contributed by atoms with Crippen LogP contribution in [0.5, 0.6) is 0 Å². The van der Waals surface area contributed by atoms with Crippen LogP contribution in [0.4, 0.5) is 4.39 Å². The summed E-state index contributed by atoms with van der Waals surface area (Å²) < 4.78 is 13.8. The SMILES string of the molecule is CC(C)Cc1ccc(C2=CCCCC2)nc1F. The third-order valence-electron chi connectivity index (χ3n) is 3.17. The van der Waals surface area contributed by atoms with Crippen LogP contribution in [-0.4, -0.2) is 4.98 Å². The highest BCUT2D eigenvalue weighted by Gasteiger charge is 2.11. The summed E-state index contributed by atoms with van der Waals surface area (Å²) in [5.74, 6) is 0.175. The van der Waals surface area contributed by atoms with E-state index in [2.05, 4.69) is 24.9 Å². The van der Waals surface area contributed by atoms with Crippen LogP contribution >= 0.6 is 0 Å². The predicted octanol–water partition coefficient (Wildman–Crippen LogP) is 4.38. The van der Waals surface area contributed by atoms with Crippen molar-refractivity contribution < 1.29 is 4.39 Å². The summed E-state index contributed by atoms with van der Waals surface area (Å²) >= 11 is 0. The van der Waals surface area contributed by atoms with Crippen LogP contribution in [-0.2, 0) is 6.42 Å². The Morgan fingerprint density at radius 3 is 2.71 bits per heavy atom. The van der Waals surface area contributed by atoms with E-state index in [0.29, 0.717) is 5.92 Å². The van der Waals surface area contributed by atoms with Crippen molar-refractivity contribution >= 4 is 5.57 Å². The average molecular weight is 233 g/mol. The molecule has 0 aliphatic heterocycles. The highest BCUT2D eigenvalue weighted by molar-refractivity contribution is 5.63. The van der Waals surface area contributed by atoms with Gasteiger partial charge in [0.05, 0.1) is 5.69 Å². The fourth-order valence-electron chi connectivity index (χ4n) is 2.30. The van der Waals surface area contributed by atoms with Gasteiger partial charge in [-0.25, -0.2) is 4.98 Å². The van der Waals surface area contributed by atoms with Crippen molar-refractivity contribution in [2.45, 2.75) is 46.0 Å². The summed E-state index contributed by atoms with van der Waals surface area (Å²) in [7, 11) is 0. The maximum Gasteiger partial charge on any atom is 0.216 e. The first-order valence-corrected chi connectivity index (χ1v) is 6.51. The van der Waals surface area contributed by atoms with E-state index in [1.807, 2.05) is 12.1 Å². The molecule has 2 heteroatoms. The molecule has 0 radical (unpaired) electrons. The van der Waals surface area contributed by atoms with E-state index < -0.39 is 0 Å². The minimum absolute atomic E-state index is 0.289. The topological polar surface area (TPSA) is 12.9 Å². The van der Waals surface area contributed by atoms with Gasteiger partial charge in [0, 0.05) is 5.56 Å². The minimum atomic E-state index is -0.289. The van der Waals surface area contributed by atoms with Gasteiger partial charge in [-0.05, 0) is 49.7 Å². The van der Waals surface area contributed by atoms with Crippen LogP contribution in [0.3, 0.4) is 0 Å². The molecule has 0 amide bonds. The molecule has 1 aliphatic rings. The van der Waals surface area contributed by atoms with Gasteiger partial charge in [0.1, 0.15) is 0 Å². The summed E-state index contributed by atoms with van der Waals surface area (Å²) in [4.78, 5) is 4.11. The maximum absolute atomic E-state index is 13.8. The lowest BCUT2D eigenvalue weighted by Crippen LogP contribution is -2.03. The van der Waals surface area contributed by atoms with Crippen LogP contribution in [0.15, 0.2) is 18.2 Å². The van der Waals surface area contributed by atoms with Crippen molar-refractivity contribution in [2.75, 3.05) is 0 Å². The first kappa shape index (κ1) is 12.3. The Balaban J connectivity index is 2.21. The van der Waals surface area contributed by atoms with Gasteiger partial charge in [-0.2, -0.15) is 4.39 Å². The lowest BCUT2D eigenvalue weighted by molar-refractivity contribution is 0.540. The minimum Gasteiger partial charge on any atom is -0.220 e. The Bertz CT molecular complexity index is 421. The van der Waals surface area contributed by atoms with E-state index in [1.165, 1.54) is 18.4 Å². The number of pyridine rings is 1.